The van der Waals surface area contributed by atoms with Crippen LogP contribution in [0.1, 0.15) is 18.4 Å². The highest BCUT2D eigenvalue weighted by atomic mass is 19.1. The largest absolute Gasteiger partial charge is 0.508 e. The van der Waals surface area contributed by atoms with Gasteiger partial charge in [-0.25, -0.2) is 4.39 Å². The van der Waals surface area contributed by atoms with Crippen molar-refractivity contribution < 1.29 is 14.6 Å². The third-order valence-corrected chi connectivity index (χ3v) is 2.17. The lowest BCUT2D eigenvalue weighted by Crippen LogP contribution is -2.06. The number of benzene rings is 1. The summed E-state index contributed by atoms with van der Waals surface area (Å²) in [5, 5.41) is 18.6. The highest BCUT2D eigenvalue weighted by Crippen LogP contribution is 2.46. The summed E-state index contributed by atoms with van der Waals surface area (Å²) in [5.41, 5.74) is -0.800. The van der Waals surface area contributed by atoms with Crippen molar-refractivity contribution in [2.45, 2.75) is 18.4 Å². The fourth-order valence-electron chi connectivity index (χ4n) is 1.26. The summed E-state index contributed by atoms with van der Waals surface area (Å²) in [6.45, 7) is 0. The van der Waals surface area contributed by atoms with Gasteiger partial charge in [0.2, 0.25) is 0 Å². The van der Waals surface area contributed by atoms with Crippen molar-refractivity contribution in [3.05, 3.63) is 29.6 Å². The lowest BCUT2D eigenvalue weighted by molar-refractivity contribution is 0.146. The van der Waals surface area contributed by atoms with Crippen LogP contribution in [0.5, 0.6) is 5.75 Å². The van der Waals surface area contributed by atoms with Crippen molar-refractivity contribution >= 4 is 0 Å². The lowest BCUT2D eigenvalue weighted by Gasteiger charge is -2.08. The molecule has 2 nitrogen and oxygen atoms in total. The van der Waals surface area contributed by atoms with Crippen molar-refractivity contribution in [3.63, 3.8) is 0 Å². The summed E-state index contributed by atoms with van der Waals surface area (Å²) in [5.74, 6) is -0.459. The van der Waals surface area contributed by atoms with E-state index < -0.39 is 11.4 Å². The molecule has 12 heavy (non-hydrogen) atoms. The quantitative estimate of drug-likeness (QED) is 0.667. The Labute approximate surface area is 69.3 Å². The first-order valence-corrected chi connectivity index (χ1v) is 3.83. The molecule has 0 aliphatic heterocycles. The minimum Gasteiger partial charge on any atom is -0.508 e. The summed E-state index contributed by atoms with van der Waals surface area (Å²) < 4.78 is 13.0. The minimum atomic E-state index is -1.01. The molecule has 0 unspecified atom stereocenters. The van der Waals surface area contributed by atoms with Crippen molar-refractivity contribution in [1.82, 2.24) is 0 Å². The molecule has 64 valence electrons. The number of phenolic OH excluding ortho intramolecular Hbond substituents is 1. The van der Waals surface area contributed by atoms with Gasteiger partial charge >= 0.3 is 0 Å². The normalized spacial score (nSPS) is 19.2. The summed E-state index contributed by atoms with van der Waals surface area (Å²) in [7, 11) is 0. The molecule has 0 radical (unpaired) electrons. The van der Waals surface area contributed by atoms with E-state index in [-0.39, 0.29) is 11.3 Å². The van der Waals surface area contributed by atoms with E-state index in [0.29, 0.717) is 12.8 Å². The predicted octanol–water partition coefficient (Wildman–Crippen LogP) is 1.51. The van der Waals surface area contributed by atoms with E-state index in [1.165, 1.54) is 18.2 Å². The van der Waals surface area contributed by atoms with Crippen LogP contribution in [-0.4, -0.2) is 10.2 Å². The van der Waals surface area contributed by atoms with Gasteiger partial charge in [-0.2, -0.15) is 0 Å². The van der Waals surface area contributed by atoms with Crippen molar-refractivity contribution in [2.24, 2.45) is 0 Å². The summed E-state index contributed by atoms with van der Waals surface area (Å²) in [6.07, 6.45) is 1.15. The van der Waals surface area contributed by atoms with E-state index >= 15 is 0 Å². The lowest BCUT2D eigenvalue weighted by atomic mass is 10.1. The summed E-state index contributed by atoms with van der Waals surface area (Å²) >= 11 is 0. The maximum absolute atomic E-state index is 13.0. The first-order valence-electron chi connectivity index (χ1n) is 3.83. The molecule has 0 aromatic heterocycles. The fraction of sp³-hybridized carbons (Fsp3) is 0.333. The molecule has 0 saturated heterocycles. The zero-order valence-corrected chi connectivity index (χ0v) is 6.42. The van der Waals surface area contributed by atoms with Crippen molar-refractivity contribution in [2.75, 3.05) is 0 Å². The molecule has 1 aromatic rings. The Morgan fingerprint density at radius 2 is 2.00 bits per heavy atom. The minimum absolute atomic E-state index is 0.00766. The number of rotatable bonds is 1. The summed E-state index contributed by atoms with van der Waals surface area (Å²) in [4.78, 5) is 0. The molecule has 1 fully saturated rings. The number of phenols is 1. The highest BCUT2D eigenvalue weighted by molar-refractivity contribution is 5.35. The Bertz CT molecular complexity index is 318. The molecule has 3 heteroatoms. The standard InChI is InChI=1S/C9H9FO2/c10-8-2-1-6(11)5-7(8)9(12)3-4-9/h1-2,5,11-12H,3-4H2. The molecular formula is C9H9FO2. The highest BCUT2D eigenvalue weighted by Gasteiger charge is 2.44. The van der Waals surface area contributed by atoms with Crippen molar-refractivity contribution in [3.8, 4) is 5.75 Å². The van der Waals surface area contributed by atoms with Crippen LogP contribution in [0.25, 0.3) is 0 Å². The van der Waals surface area contributed by atoms with Crippen LogP contribution in [0.4, 0.5) is 4.39 Å². The van der Waals surface area contributed by atoms with Gasteiger partial charge in [0.15, 0.2) is 0 Å². The Morgan fingerprint density at radius 3 is 2.58 bits per heavy atom. The first-order chi connectivity index (χ1) is 5.62. The van der Waals surface area contributed by atoms with Gasteiger partial charge in [-0.15, -0.1) is 0 Å². The second-order valence-corrected chi connectivity index (χ2v) is 3.20. The number of aliphatic hydroxyl groups is 1. The monoisotopic (exact) mass is 168 g/mol. The first kappa shape index (κ1) is 7.55. The van der Waals surface area contributed by atoms with E-state index in [4.69, 9.17) is 5.11 Å². The maximum Gasteiger partial charge on any atom is 0.129 e. The van der Waals surface area contributed by atoms with Crippen LogP contribution in [0.2, 0.25) is 0 Å². The van der Waals surface area contributed by atoms with Crippen LogP contribution < -0.4 is 0 Å². The number of halogens is 1. The van der Waals surface area contributed by atoms with E-state index in [9.17, 15) is 9.50 Å². The predicted molar refractivity (Wildman–Crippen MR) is 41.2 cm³/mol. The maximum atomic E-state index is 13.0. The molecule has 1 saturated carbocycles. The van der Waals surface area contributed by atoms with Crippen LogP contribution in [0, 0.1) is 5.82 Å². The van der Waals surface area contributed by atoms with Crippen molar-refractivity contribution in [1.29, 1.82) is 0 Å². The Balaban J connectivity index is 2.48. The Hall–Kier alpha value is -1.09. The summed E-state index contributed by atoms with van der Waals surface area (Å²) in [6, 6.07) is 3.72. The zero-order chi connectivity index (χ0) is 8.77. The second-order valence-electron chi connectivity index (χ2n) is 3.20. The SMILES string of the molecule is Oc1ccc(F)c(C2(O)CC2)c1. The molecule has 0 heterocycles. The number of hydrogen-bond donors (Lipinski definition) is 2. The van der Waals surface area contributed by atoms with Gasteiger partial charge in [0.05, 0.1) is 5.60 Å². The van der Waals surface area contributed by atoms with E-state index in [0.717, 1.165) is 0 Å². The molecule has 2 rings (SSSR count). The third kappa shape index (κ3) is 1.06. The van der Waals surface area contributed by atoms with Gasteiger partial charge in [0.25, 0.3) is 0 Å². The molecule has 1 aromatic carbocycles. The molecule has 1 aliphatic carbocycles. The fourth-order valence-corrected chi connectivity index (χ4v) is 1.26. The van der Waals surface area contributed by atoms with E-state index in [2.05, 4.69) is 0 Å². The van der Waals surface area contributed by atoms with Gasteiger partial charge in [-0.05, 0) is 31.0 Å². The van der Waals surface area contributed by atoms with Gasteiger partial charge in [-0.3, -0.25) is 0 Å². The van der Waals surface area contributed by atoms with Crippen LogP contribution in [-0.2, 0) is 5.60 Å². The van der Waals surface area contributed by atoms with Crippen LogP contribution in [0.15, 0.2) is 18.2 Å². The smallest absolute Gasteiger partial charge is 0.129 e. The van der Waals surface area contributed by atoms with Crippen LogP contribution in [0.3, 0.4) is 0 Å². The van der Waals surface area contributed by atoms with Crippen LogP contribution >= 0.6 is 0 Å². The molecule has 1 aliphatic rings. The van der Waals surface area contributed by atoms with Gasteiger partial charge in [-0.1, -0.05) is 0 Å². The van der Waals surface area contributed by atoms with E-state index in [1.54, 1.807) is 0 Å². The Morgan fingerprint density at radius 1 is 1.33 bits per heavy atom. The molecule has 0 spiro atoms. The molecule has 0 amide bonds. The second kappa shape index (κ2) is 2.20. The molecule has 0 atom stereocenters. The molecular weight excluding hydrogens is 159 g/mol. The van der Waals surface area contributed by atoms with Gasteiger partial charge < -0.3 is 10.2 Å². The Kier molecular flexibility index (Phi) is 1.38. The third-order valence-electron chi connectivity index (χ3n) is 2.17. The number of hydrogen-bond acceptors (Lipinski definition) is 2. The number of aromatic hydroxyl groups is 1. The van der Waals surface area contributed by atoms with Gasteiger partial charge in [0, 0.05) is 5.56 Å². The molecule has 2 N–H and O–H groups in total. The topological polar surface area (TPSA) is 40.5 Å². The van der Waals surface area contributed by atoms with Gasteiger partial charge in [0.1, 0.15) is 11.6 Å². The zero-order valence-electron chi connectivity index (χ0n) is 6.42. The average molecular weight is 168 g/mol. The average Bonchev–Trinajstić information content (AvgIpc) is 2.75. The molecule has 0 bridgehead atoms. The van der Waals surface area contributed by atoms with E-state index in [1.807, 2.05) is 0 Å².